The minimum absolute atomic E-state index is 0.102. The van der Waals surface area contributed by atoms with Crippen molar-refractivity contribution >= 4 is 23.5 Å². The van der Waals surface area contributed by atoms with Gasteiger partial charge < -0.3 is 10.1 Å². The summed E-state index contributed by atoms with van der Waals surface area (Å²) >= 11 is 5.80. The second kappa shape index (κ2) is 9.34. The Morgan fingerprint density at radius 1 is 1.24 bits per heavy atom. The molecule has 0 fully saturated rings. The van der Waals surface area contributed by atoms with Gasteiger partial charge in [-0.15, -0.1) is 0 Å². The highest BCUT2D eigenvalue weighted by Gasteiger charge is 2.10. The molecule has 0 saturated heterocycles. The third-order valence-corrected chi connectivity index (χ3v) is 3.31. The van der Waals surface area contributed by atoms with E-state index in [1.807, 2.05) is 0 Å². The van der Waals surface area contributed by atoms with Gasteiger partial charge in [0.15, 0.2) is 0 Å². The number of esters is 1. The van der Waals surface area contributed by atoms with Gasteiger partial charge in [0.2, 0.25) is 0 Å². The zero-order valence-corrected chi connectivity index (χ0v) is 12.7. The van der Waals surface area contributed by atoms with E-state index in [1.165, 1.54) is 19.2 Å². The summed E-state index contributed by atoms with van der Waals surface area (Å²) in [5.41, 5.74) is 0.267. The summed E-state index contributed by atoms with van der Waals surface area (Å²) in [6.45, 7) is 0.519. The highest BCUT2D eigenvalue weighted by Crippen LogP contribution is 2.17. The first kappa shape index (κ1) is 17.4. The maximum atomic E-state index is 12.9. The van der Waals surface area contributed by atoms with Gasteiger partial charge in [0, 0.05) is 13.0 Å². The van der Waals surface area contributed by atoms with Crippen LogP contribution in [0.4, 0.5) is 4.39 Å². The number of ether oxygens (including phenoxy) is 1. The Balaban J connectivity index is 2.18. The number of nitrogens with one attached hydrogen (secondary N) is 1. The topological polar surface area (TPSA) is 55.4 Å². The molecule has 0 bridgehead atoms. The fraction of sp³-hybridized carbons (Fsp3) is 0.467. The molecule has 0 unspecified atom stereocenters. The Labute approximate surface area is 128 Å². The third-order valence-electron chi connectivity index (χ3n) is 3.00. The van der Waals surface area contributed by atoms with Crippen LogP contribution < -0.4 is 5.32 Å². The molecule has 1 amide bonds. The van der Waals surface area contributed by atoms with Gasteiger partial charge in [-0.3, -0.25) is 9.59 Å². The van der Waals surface area contributed by atoms with Crippen LogP contribution in [0, 0.1) is 5.82 Å². The highest BCUT2D eigenvalue weighted by atomic mass is 35.5. The number of rotatable bonds is 8. The van der Waals surface area contributed by atoms with Crippen LogP contribution in [0.2, 0.25) is 5.02 Å². The summed E-state index contributed by atoms with van der Waals surface area (Å²) in [6.07, 6.45) is 3.83. The van der Waals surface area contributed by atoms with Crippen LogP contribution in [0.15, 0.2) is 18.2 Å². The lowest BCUT2D eigenvalue weighted by Crippen LogP contribution is -2.24. The molecular weight excluding hydrogens is 297 g/mol. The molecule has 0 spiro atoms. The Bertz CT molecular complexity index is 494. The standard InChI is InChI=1S/C15H19ClFNO3/c1-21-14(19)6-4-2-3-5-9-18-15(20)12-8-7-11(17)10-13(12)16/h7-8,10H,2-6,9H2,1H3,(H,18,20). The first-order valence-corrected chi connectivity index (χ1v) is 7.22. The molecule has 0 aromatic heterocycles. The molecule has 1 aromatic rings. The molecule has 0 aliphatic heterocycles. The average Bonchev–Trinajstić information content (AvgIpc) is 2.45. The zero-order valence-electron chi connectivity index (χ0n) is 12.0. The van der Waals surface area contributed by atoms with Gasteiger partial charge >= 0.3 is 5.97 Å². The molecule has 0 aliphatic rings. The SMILES string of the molecule is COC(=O)CCCCCCNC(=O)c1ccc(F)cc1Cl. The van der Waals surface area contributed by atoms with E-state index in [-0.39, 0.29) is 22.5 Å². The summed E-state index contributed by atoms with van der Waals surface area (Å²) in [4.78, 5) is 22.7. The second-order valence-corrected chi connectivity index (χ2v) is 5.03. The molecule has 0 heterocycles. The maximum absolute atomic E-state index is 12.9. The number of benzene rings is 1. The maximum Gasteiger partial charge on any atom is 0.305 e. The van der Waals surface area contributed by atoms with Gasteiger partial charge in [-0.25, -0.2) is 4.39 Å². The number of methoxy groups -OCH3 is 1. The molecule has 0 saturated carbocycles. The Kier molecular flexibility index (Phi) is 7.75. The largest absolute Gasteiger partial charge is 0.469 e. The van der Waals surface area contributed by atoms with Crippen molar-refractivity contribution < 1.29 is 18.7 Å². The fourth-order valence-corrected chi connectivity index (χ4v) is 2.07. The predicted octanol–water partition coefficient (Wildman–Crippen LogP) is 3.33. The molecule has 1 aromatic carbocycles. The van der Waals surface area contributed by atoms with Gasteiger partial charge in [0.05, 0.1) is 17.7 Å². The summed E-state index contributed by atoms with van der Waals surface area (Å²) < 4.78 is 17.4. The van der Waals surface area contributed by atoms with E-state index < -0.39 is 5.82 Å². The van der Waals surface area contributed by atoms with Crippen molar-refractivity contribution in [2.24, 2.45) is 0 Å². The number of hydrogen-bond acceptors (Lipinski definition) is 3. The van der Waals surface area contributed by atoms with E-state index >= 15 is 0 Å². The number of unbranched alkanes of at least 4 members (excludes halogenated alkanes) is 3. The summed E-state index contributed by atoms with van der Waals surface area (Å²) in [5.74, 6) is -0.981. The average molecular weight is 316 g/mol. The summed E-state index contributed by atoms with van der Waals surface area (Å²) in [5, 5.41) is 2.84. The molecule has 21 heavy (non-hydrogen) atoms. The van der Waals surface area contributed by atoms with Crippen LogP contribution in [0.5, 0.6) is 0 Å². The van der Waals surface area contributed by atoms with Gasteiger partial charge in [0.25, 0.3) is 5.91 Å². The van der Waals surface area contributed by atoms with E-state index in [4.69, 9.17) is 11.6 Å². The first-order valence-electron chi connectivity index (χ1n) is 6.84. The lowest BCUT2D eigenvalue weighted by molar-refractivity contribution is -0.140. The minimum atomic E-state index is -0.470. The normalized spacial score (nSPS) is 10.2. The zero-order chi connectivity index (χ0) is 15.7. The van der Waals surface area contributed by atoms with Crippen molar-refractivity contribution in [3.8, 4) is 0 Å². The quantitative estimate of drug-likeness (QED) is 0.591. The number of amides is 1. The van der Waals surface area contributed by atoms with Gasteiger partial charge in [-0.05, 0) is 31.0 Å². The molecule has 6 heteroatoms. The fourth-order valence-electron chi connectivity index (χ4n) is 1.82. The van der Waals surface area contributed by atoms with E-state index in [0.29, 0.717) is 13.0 Å². The predicted molar refractivity (Wildman–Crippen MR) is 78.8 cm³/mol. The van der Waals surface area contributed by atoms with E-state index in [9.17, 15) is 14.0 Å². The van der Waals surface area contributed by atoms with Gasteiger partial charge in [0.1, 0.15) is 5.82 Å². The van der Waals surface area contributed by atoms with Crippen molar-refractivity contribution in [2.75, 3.05) is 13.7 Å². The lowest BCUT2D eigenvalue weighted by Gasteiger charge is -2.06. The van der Waals surface area contributed by atoms with Crippen LogP contribution in [0.25, 0.3) is 0 Å². The molecule has 0 radical (unpaired) electrons. The van der Waals surface area contributed by atoms with Gasteiger partial charge in [-0.1, -0.05) is 24.4 Å². The molecule has 4 nitrogen and oxygen atoms in total. The summed E-state index contributed by atoms with van der Waals surface area (Å²) in [6, 6.07) is 3.68. The third kappa shape index (κ3) is 6.58. The summed E-state index contributed by atoms with van der Waals surface area (Å²) in [7, 11) is 1.37. The van der Waals surface area contributed by atoms with Crippen molar-refractivity contribution in [3.63, 3.8) is 0 Å². The number of halogens is 2. The molecule has 1 rings (SSSR count). The Morgan fingerprint density at radius 3 is 2.62 bits per heavy atom. The van der Waals surface area contributed by atoms with E-state index in [1.54, 1.807) is 0 Å². The molecule has 0 aliphatic carbocycles. The van der Waals surface area contributed by atoms with Gasteiger partial charge in [-0.2, -0.15) is 0 Å². The van der Waals surface area contributed by atoms with Crippen LogP contribution >= 0.6 is 11.6 Å². The number of carbonyl (C=O) groups excluding carboxylic acids is 2. The number of carbonyl (C=O) groups is 2. The van der Waals surface area contributed by atoms with Crippen LogP contribution in [0.1, 0.15) is 42.5 Å². The minimum Gasteiger partial charge on any atom is -0.469 e. The molecular formula is C15H19ClFNO3. The Morgan fingerprint density at radius 2 is 1.95 bits per heavy atom. The van der Waals surface area contributed by atoms with Crippen molar-refractivity contribution in [1.29, 1.82) is 0 Å². The van der Waals surface area contributed by atoms with E-state index in [0.717, 1.165) is 31.7 Å². The Hall–Kier alpha value is -1.62. The highest BCUT2D eigenvalue weighted by molar-refractivity contribution is 6.33. The molecule has 1 N–H and O–H groups in total. The first-order chi connectivity index (χ1) is 10.0. The van der Waals surface area contributed by atoms with Crippen LogP contribution in [-0.2, 0) is 9.53 Å². The molecule has 0 atom stereocenters. The number of hydrogen-bond donors (Lipinski definition) is 1. The lowest BCUT2D eigenvalue weighted by atomic mass is 10.1. The second-order valence-electron chi connectivity index (χ2n) is 4.62. The van der Waals surface area contributed by atoms with E-state index in [2.05, 4.69) is 10.1 Å². The van der Waals surface area contributed by atoms with Crippen LogP contribution in [-0.4, -0.2) is 25.5 Å². The smallest absolute Gasteiger partial charge is 0.305 e. The van der Waals surface area contributed by atoms with Crippen molar-refractivity contribution in [3.05, 3.63) is 34.6 Å². The van der Waals surface area contributed by atoms with Crippen molar-refractivity contribution in [1.82, 2.24) is 5.32 Å². The van der Waals surface area contributed by atoms with Crippen LogP contribution in [0.3, 0.4) is 0 Å². The van der Waals surface area contributed by atoms with Crippen molar-refractivity contribution in [2.45, 2.75) is 32.1 Å². The monoisotopic (exact) mass is 315 g/mol. The molecule has 116 valence electrons.